The minimum Gasteiger partial charge on any atom is -0.445 e. The lowest BCUT2D eigenvalue weighted by Crippen LogP contribution is -2.41. The fraction of sp³-hybridized carbons (Fsp3) is 0.389. The highest BCUT2D eigenvalue weighted by atomic mass is 19.1. The summed E-state index contributed by atoms with van der Waals surface area (Å²) in [6.07, 6.45) is 2.77. The van der Waals surface area contributed by atoms with Crippen molar-refractivity contribution in [3.05, 3.63) is 53.6 Å². The van der Waals surface area contributed by atoms with Crippen LogP contribution >= 0.6 is 0 Å². The Bertz CT molecular complexity index is 725. The predicted molar refractivity (Wildman–Crippen MR) is 91.8 cm³/mol. The van der Waals surface area contributed by atoms with Gasteiger partial charge in [0.1, 0.15) is 18.1 Å². The lowest BCUT2D eigenvalue weighted by molar-refractivity contribution is 0.0800. The number of aromatic nitrogens is 2. The van der Waals surface area contributed by atoms with Gasteiger partial charge in [0.05, 0.1) is 0 Å². The lowest BCUT2D eigenvalue weighted by atomic mass is 9.97. The number of likely N-dealkylation sites (tertiary alicyclic amines) is 1. The van der Waals surface area contributed by atoms with Crippen molar-refractivity contribution in [2.45, 2.75) is 19.4 Å². The number of carbonyl (C=O) groups is 2. The van der Waals surface area contributed by atoms with Crippen molar-refractivity contribution in [1.82, 2.24) is 20.4 Å². The Hall–Kier alpha value is -2.90. The molecule has 1 aliphatic rings. The molecule has 26 heavy (non-hydrogen) atoms. The van der Waals surface area contributed by atoms with E-state index >= 15 is 0 Å². The van der Waals surface area contributed by atoms with Gasteiger partial charge in [0.25, 0.3) is 5.91 Å². The second-order valence-electron chi connectivity index (χ2n) is 6.29. The van der Waals surface area contributed by atoms with Gasteiger partial charge in [0.15, 0.2) is 0 Å². The Balaban J connectivity index is 1.37. The highest BCUT2D eigenvalue weighted by Crippen LogP contribution is 2.17. The average Bonchev–Trinajstić information content (AvgIpc) is 3.21. The number of hydrogen-bond donors (Lipinski definition) is 2. The number of amides is 2. The standard InChI is InChI=1S/C18H21FN4O3/c19-15-3-1-14(2-4-15)12-26-18(25)23-9-6-13(7-10-23)11-20-17(24)16-5-8-21-22-16/h1-5,8,13H,6-7,9-12H2,(H,20,24)(H,21,22). The zero-order chi connectivity index (χ0) is 18.4. The number of aromatic amines is 1. The summed E-state index contributed by atoms with van der Waals surface area (Å²) in [5, 5.41) is 9.25. The smallest absolute Gasteiger partial charge is 0.410 e. The number of benzene rings is 1. The van der Waals surface area contributed by atoms with Gasteiger partial charge in [-0.25, -0.2) is 9.18 Å². The van der Waals surface area contributed by atoms with E-state index in [-0.39, 0.29) is 24.4 Å². The second kappa shape index (κ2) is 8.46. The maximum Gasteiger partial charge on any atom is 0.410 e. The molecule has 1 aromatic carbocycles. The maximum atomic E-state index is 12.9. The summed E-state index contributed by atoms with van der Waals surface area (Å²) in [6.45, 7) is 1.87. The molecular weight excluding hydrogens is 339 g/mol. The summed E-state index contributed by atoms with van der Waals surface area (Å²) in [4.78, 5) is 25.7. The third kappa shape index (κ3) is 4.81. The van der Waals surface area contributed by atoms with Crippen molar-refractivity contribution in [3.8, 4) is 0 Å². The molecule has 3 rings (SSSR count). The van der Waals surface area contributed by atoms with Gasteiger partial charge in [-0.05, 0) is 42.5 Å². The first kappa shape index (κ1) is 17.9. The summed E-state index contributed by atoms with van der Waals surface area (Å²) in [5.41, 5.74) is 1.18. The molecule has 2 heterocycles. The first-order valence-electron chi connectivity index (χ1n) is 8.55. The number of ether oxygens (including phenoxy) is 1. The van der Waals surface area contributed by atoms with Gasteiger partial charge in [-0.15, -0.1) is 0 Å². The van der Waals surface area contributed by atoms with Crippen molar-refractivity contribution in [3.63, 3.8) is 0 Å². The van der Waals surface area contributed by atoms with Gasteiger partial charge in [-0.1, -0.05) is 12.1 Å². The van der Waals surface area contributed by atoms with Crippen LogP contribution in [0.1, 0.15) is 28.9 Å². The summed E-state index contributed by atoms with van der Waals surface area (Å²) < 4.78 is 18.1. The van der Waals surface area contributed by atoms with E-state index in [1.165, 1.54) is 18.3 Å². The van der Waals surface area contributed by atoms with Crippen LogP contribution < -0.4 is 5.32 Å². The molecule has 0 saturated carbocycles. The van der Waals surface area contributed by atoms with Gasteiger partial charge in [-0.2, -0.15) is 5.10 Å². The predicted octanol–water partition coefficient (Wildman–Crippen LogP) is 2.33. The fourth-order valence-corrected chi connectivity index (χ4v) is 2.85. The maximum absolute atomic E-state index is 12.9. The van der Waals surface area contributed by atoms with E-state index < -0.39 is 0 Å². The molecule has 8 heteroatoms. The molecule has 0 radical (unpaired) electrons. The number of hydrogen-bond acceptors (Lipinski definition) is 4. The first-order valence-corrected chi connectivity index (χ1v) is 8.55. The van der Waals surface area contributed by atoms with Gasteiger partial charge in [0, 0.05) is 25.8 Å². The van der Waals surface area contributed by atoms with Crippen LogP contribution in [-0.2, 0) is 11.3 Å². The molecular formula is C18H21FN4O3. The van der Waals surface area contributed by atoms with E-state index in [1.807, 2.05) is 0 Å². The summed E-state index contributed by atoms with van der Waals surface area (Å²) in [6, 6.07) is 7.49. The van der Waals surface area contributed by atoms with E-state index in [2.05, 4.69) is 15.5 Å². The number of piperidine rings is 1. The number of nitrogens with zero attached hydrogens (tertiary/aromatic N) is 2. The van der Waals surface area contributed by atoms with Crippen molar-refractivity contribution in [2.75, 3.05) is 19.6 Å². The first-order chi connectivity index (χ1) is 12.6. The molecule has 2 amide bonds. The quantitative estimate of drug-likeness (QED) is 0.857. The van der Waals surface area contributed by atoms with Gasteiger partial charge < -0.3 is 15.0 Å². The van der Waals surface area contributed by atoms with Crippen LogP contribution in [0.15, 0.2) is 36.5 Å². The van der Waals surface area contributed by atoms with Crippen molar-refractivity contribution < 1.29 is 18.7 Å². The van der Waals surface area contributed by atoms with E-state index in [9.17, 15) is 14.0 Å². The lowest BCUT2D eigenvalue weighted by Gasteiger charge is -2.31. The van der Waals surface area contributed by atoms with Crippen LogP contribution in [0.2, 0.25) is 0 Å². The SMILES string of the molecule is O=C(NCC1CCN(C(=O)OCc2ccc(F)cc2)CC1)c1ccn[nH]1. The summed E-state index contributed by atoms with van der Waals surface area (Å²) in [5.74, 6) is -0.173. The molecule has 138 valence electrons. The number of carbonyl (C=O) groups excluding carboxylic acids is 2. The van der Waals surface area contributed by atoms with Crippen molar-refractivity contribution >= 4 is 12.0 Å². The van der Waals surface area contributed by atoms with Crippen molar-refractivity contribution in [2.24, 2.45) is 5.92 Å². The fourth-order valence-electron chi connectivity index (χ4n) is 2.85. The Labute approximate surface area is 150 Å². The molecule has 1 aliphatic heterocycles. The highest BCUT2D eigenvalue weighted by Gasteiger charge is 2.24. The monoisotopic (exact) mass is 360 g/mol. The molecule has 0 unspecified atom stereocenters. The van der Waals surface area contributed by atoms with E-state index in [0.29, 0.717) is 31.2 Å². The number of rotatable bonds is 5. The average molecular weight is 360 g/mol. The van der Waals surface area contributed by atoms with Crippen LogP contribution in [0.25, 0.3) is 0 Å². The normalized spacial score (nSPS) is 14.9. The Morgan fingerprint density at radius 2 is 1.96 bits per heavy atom. The Morgan fingerprint density at radius 3 is 2.62 bits per heavy atom. The molecule has 1 aromatic heterocycles. The van der Waals surface area contributed by atoms with Crippen LogP contribution in [0.5, 0.6) is 0 Å². The number of halogens is 1. The zero-order valence-corrected chi connectivity index (χ0v) is 14.3. The number of nitrogens with one attached hydrogen (secondary N) is 2. The molecule has 2 N–H and O–H groups in total. The minimum absolute atomic E-state index is 0.124. The van der Waals surface area contributed by atoms with Crippen LogP contribution in [0.4, 0.5) is 9.18 Å². The summed E-state index contributed by atoms with van der Waals surface area (Å²) in [7, 11) is 0. The Morgan fingerprint density at radius 1 is 1.23 bits per heavy atom. The van der Waals surface area contributed by atoms with Crippen LogP contribution in [0, 0.1) is 11.7 Å². The molecule has 0 atom stereocenters. The third-order valence-electron chi connectivity index (χ3n) is 4.44. The molecule has 0 spiro atoms. The zero-order valence-electron chi connectivity index (χ0n) is 14.3. The molecule has 0 bridgehead atoms. The molecule has 0 aliphatic carbocycles. The third-order valence-corrected chi connectivity index (χ3v) is 4.44. The minimum atomic E-state index is -0.366. The van der Waals surface area contributed by atoms with Gasteiger partial charge >= 0.3 is 6.09 Å². The van der Waals surface area contributed by atoms with Gasteiger partial charge in [0.2, 0.25) is 0 Å². The largest absolute Gasteiger partial charge is 0.445 e. The molecule has 2 aromatic rings. The van der Waals surface area contributed by atoms with Gasteiger partial charge in [-0.3, -0.25) is 9.89 Å². The molecule has 1 saturated heterocycles. The topological polar surface area (TPSA) is 87.3 Å². The van der Waals surface area contributed by atoms with E-state index in [1.54, 1.807) is 23.1 Å². The molecule has 7 nitrogen and oxygen atoms in total. The summed E-state index contributed by atoms with van der Waals surface area (Å²) >= 11 is 0. The van der Waals surface area contributed by atoms with Crippen molar-refractivity contribution in [1.29, 1.82) is 0 Å². The number of H-pyrrole nitrogens is 1. The second-order valence-corrected chi connectivity index (χ2v) is 6.29. The van der Waals surface area contributed by atoms with Crippen LogP contribution in [-0.4, -0.2) is 46.7 Å². The van der Waals surface area contributed by atoms with E-state index in [4.69, 9.17) is 4.74 Å². The molecule has 1 fully saturated rings. The Kier molecular flexibility index (Phi) is 5.83. The highest BCUT2D eigenvalue weighted by molar-refractivity contribution is 5.92. The van der Waals surface area contributed by atoms with Crippen LogP contribution in [0.3, 0.4) is 0 Å². The van der Waals surface area contributed by atoms with E-state index in [0.717, 1.165) is 18.4 Å².